The molecule has 0 amide bonds. The van der Waals surface area contributed by atoms with Crippen LogP contribution in [0.15, 0.2) is 18.2 Å². The Kier molecular flexibility index (Phi) is 3.82. The van der Waals surface area contributed by atoms with E-state index >= 15 is 0 Å². The molecule has 0 radical (unpaired) electrons. The first kappa shape index (κ1) is 12.1. The van der Waals surface area contributed by atoms with E-state index in [4.69, 9.17) is 16.7 Å². The van der Waals surface area contributed by atoms with Crippen molar-refractivity contribution >= 4 is 27.3 Å². The summed E-state index contributed by atoms with van der Waals surface area (Å²) in [6.07, 6.45) is 0.533. The summed E-state index contributed by atoms with van der Waals surface area (Å²) in [4.78, 5) is 0. The summed E-state index contributed by atoms with van der Waals surface area (Å²) in [5, 5.41) is 9.25. The highest BCUT2D eigenvalue weighted by atomic mass is 35.5. The summed E-state index contributed by atoms with van der Waals surface area (Å²) in [5.41, 5.74) is 0.280. The predicted octanol–water partition coefficient (Wildman–Crippen LogP) is 2.20. The van der Waals surface area contributed by atoms with Gasteiger partial charge in [-0.3, -0.25) is 4.72 Å². The third-order valence-corrected chi connectivity index (χ3v) is 3.48. The molecule has 0 aliphatic carbocycles. The minimum Gasteiger partial charge on any atom is -0.508 e. The van der Waals surface area contributed by atoms with Crippen LogP contribution in [0, 0.1) is 0 Å². The molecule has 0 saturated carbocycles. The maximum Gasteiger partial charge on any atom is 0.232 e. The number of rotatable bonds is 4. The average Bonchev–Trinajstić information content (AvgIpc) is 2.09. The highest BCUT2D eigenvalue weighted by Crippen LogP contribution is 2.26. The van der Waals surface area contributed by atoms with Crippen LogP contribution < -0.4 is 4.72 Å². The summed E-state index contributed by atoms with van der Waals surface area (Å²) >= 11 is 5.75. The Morgan fingerprint density at radius 2 is 2.13 bits per heavy atom. The lowest BCUT2D eigenvalue weighted by atomic mass is 10.3. The molecule has 0 aromatic heterocycles. The van der Waals surface area contributed by atoms with Crippen molar-refractivity contribution in [3.63, 3.8) is 0 Å². The van der Waals surface area contributed by atoms with Gasteiger partial charge in [0, 0.05) is 6.07 Å². The van der Waals surface area contributed by atoms with E-state index in [9.17, 15) is 8.42 Å². The summed E-state index contributed by atoms with van der Waals surface area (Å²) in [5.74, 6) is 0.0444. The van der Waals surface area contributed by atoms with Crippen LogP contribution in [0.1, 0.15) is 13.3 Å². The number of phenols is 1. The number of hydrogen-bond acceptors (Lipinski definition) is 3. The Morgan fingerprint density at radius 1 is 1.47 bits per heavy atom. The number of phenolic OH excluding ortho intramolecular Hbond substituents is 1. The van der Waals surface area contributed by atoms with Crippen molar-refractivity contribution in [2.75, 3.05) is 10.5 Å². The quantitative estimate of drug-likeness (QED) is 0.804. The summed E-state index contributed by atoms with van der Waals surface area (Å²) < 4.78 is 25.2. The minimum absolute atomic E-state index is 0.00144. The Bertz CT molecular complexity index is 445. The van der Waals surface area contributed by atoms with Gasteiger partial charge in [0.25, 0.3) is 0 Å². The molecule has 1 aromatic rings. The maximum atomic E-state index is 11.4. The zero-order chi connectivity index (χ0) is 11.5. The molecule has 1 aromatic carbocycles. The molecule has 84 valence electrons. The number of nitrogens with one attached hydrogen (secondary N) is 1. The van der Waals surface area contributed by atoms with E-state index in [1.807, 2.05) is 0 Å². The predicted molar refractivity (Wildman–Crippen MR) is 60.8 cm³/mol. The number of anilines is 1. The normalized spacial score (nSPS) is 11.3. The molecule has 0 saturated heterocycles. The first-order chi connectivity index (χ1) is 6.94. The molecule has 0 fully saturated rings. The fourth-order valence-electron chi connectivity index (χ4n) is 1.07. The number of benzene rings is 1. The second-order valence-corrected chi connectivity index (χ2v) is 5.33. The Labute approximate surface area is 93.9 Å². The maximum absolute atomic E-state index is 11.4. The lowest BCUT2D eigenvalue weighted by Gasteiger charge is -2.08. The SMILES string of the molecule is CCCS(=O)(=O)Nc1ccc(O)cc1Cl. The lowest BCUT2D eigenvalue weighted by molar-refractivity contribution is 0.475. The Balaban J connectivity index is 2.90. The van der Waals surface area contributed by atoms with Gasteiger partial charge in [0.05, 0.1) is 16.5 Å². The smallest absolute Gasteiger partial charge is 0.232 e. The molecule has 0 aliphatic rings. The van der Waals surface area contributed by atoms with Crippen molar-refractivity contribution in [1.29, 1.82) is 0 Å². The topological polar surface area (TPSA) is 66.4 Å². The van der Waals surface area contributed by atoms with E-state index in [0.717, 1.165) is 0 Å². The third kappa shape index (κ3) is 3.60. The van der Waals surface area contributed by atoms with Gasteiger partial charge in [-0.05, 0) is 18.6 Å². The molecule has 4 nitrogen and oxygen atoms in total. The van der Waals surface area contributed by atoms with Gasteiger partial charge < -0.3 is 5.11 Å². The van der Waals surface area contributed by atoms with Gasteiger partial charge in [-0.25, -0.2) is 8.42 Å². The molecular formula is C9H12ClNO3S. The molecule has 6 heteroatoms. The van der Waals surface area contributed by atoms with Gasteiger partial charge in [-0.2, -0.15) is 0 Å². The van der Waals surface area contributed by atoms with E-state index in [2.05, 4.69) is 4.72 Å². The summed E-state index contributed by atoms with van der Waals surface area (Å²) in [6.45, 7) is 1.78. The van der Waals surface area contributed by atoms with Crippen LogP contribution in [0.2, 0.25) is 5.02 Å². The van der Waals surface area contributed by atoms with Crippen molar-refractivity contribution in [3.05, 3.63) is 23.2 Å². The fourth-order valence-corrected chi connectivity index (χ4v) is 2.50. The lowest BCUT2D eigenvalue weighted by Crippen LogP contribution is -2.16. The van der Waals surface area contributed by atoms with Gasteiger partial charge in [-0.15, -0.1) is 0 Å². The second-order valence-electron chi connectivity index (χ2n) is 3.09. The van der Waals surface area contributed by atoms with E-state index in [-0.39, 0.29) is 22.2 Å². The molecule has 1 rings (SSSR count). The zero-order valence-electron chi connectivity index (χ0n) is 8.20. The van der Waals surface area contributed by atoms with E-state index < -0.39 is 10.0 Å². The van der Waals surface area contributed by atoms with Gasteiger partial charge in [0.2, 0.25) is 10.0 Å². The van der Waals surface area contributed by atoms with Crippen LogP contribution in [-0.4, -0.2) is 19.3 Å². The number of aromatic hydroxyl groups is 1. The first-order valence-corrected chi connectivity index (χ1v) is 6.46. The molecular weight excluding hydrogens is 238 g/mol. The molecule has 0 aliphatic heterocycles. The van der Waals surface area contributed by atoms with E-state index in [1.54, 1.807) is 6.92 Å². The van der Waals surface area contributed by atoms with Gasteiger partial charge >= 0.3 is 0 Å². The zero-order valence-corrected chi connectivity index (χ0v) is 9.77. The fraction of sp³-hybridized carbons (Fsp3) is 0.333. The standard InChI is InChI=1S/C9H12ClNO3S/c1-2-5-15(13,14)11-9-4-3-7(12)6-8(9)10/h3-4,6,11-12H,2,5H2,1H3. The molecule has 0 unspecified atom stereocenters. The molecule has 0 bridgehead atoms. The molecule has 2 N–H and O–H groups in total. The Morgan fingerprint density at radius 3 is 2.67 bits per heavy atom. The Hall–Kier alpha value is -0.940. The molecule has 0 spiro atoms. The number of hydrogen-bond donors (Lipinski definition) is 2. The minimum atomic E-state index is -3.34. The molecule has 15 heavy (non-hydrogen) atoms. The largest absolute Gasteiger partial charge is 0.508 e. The molecule has 0 atom stereocenters. The van der Waals surface area contributed by atoms with E-state index in [1.165, 1.54) is 18.2 Å². The van der Waals surface area contributed by atoms with Crippen molar-refractivity contribution in [1.82, 2.24) is 0 Å². The van der Waals surface area contributed by atoms with Crippen LogP contribution in [0.5, 0.6) is 5.75 Å². The number of halogens is 1. The van der Waals surface area contributed by atoms with Crippen LogP contribution in [0.3, 0.4) is 0 Å². The van der Waals surface area contributed by atoms with Crippen molar-refractivity contribution < 1.29 is 13.5 Å². The average molecular weight is 250 g/mol. The highest BCUT2D eigenvalue weighted by Gasteiger charge is 2.11. The van der Waals surface area contributed by atoms with Crippen LogP contribution in [0.4, 0.5) is 5.69 Å². The molecule has 0 heterocycles. The summed E-state index contributed by atoms with van der Waals surface area (Å²) in [6, 6.07) is 4.08. The van der Waals surface area contributed by atoms with Gasteiger partial charge in [0.15, 0.2) is 0 Å². The van der Waals surface area contributed by atoms with Gasteiger partial charge in [-0.1, -0.05) is 18.5 Å². The third-order valence-electron chi connectivity index (χ3n) is 1.69. The second kappa shape index (κ2) is 4.72. The van der Waals surface area contributed by atoms with Crippen LogP contribution in [-0.2, 0) is 10.0 Å². The first-order valence-electron chi connectivity index (χ1n) is 4.43. The van der Waals surface area contributed by atoms with Crippen molar-refractivity contribution in [2.24, 2.45) is 0 Å². The van der Waals surface area contributed by atoms with Crippen molar-refractivity contribution in [2.45, 2.75) is 13.3 Å². The van der Waals surface area contributed by atoms with Gasteiger partial charge in [0.1, 0.15) is 5.75 Å². The summed E-state index contributed by atoms with van der Waals surface area (Å²) in [7, 11) is -3.34. The van der Waals surface area contributed by atoms with Crippen LogP contribution >= 0.6 is 11.6 Å². The monoisotopic (exact) mass is 249 g/mol. The van der Waals surface area contributed by atoms with E-state index in [0.29, 0.717) is 6.42 Å². The number of sulfonamides is 1. The van der Waals surface area contributed by atoms with Crippen molar-refractivity contribution in [3.8, 4) is 5.75 Å². The van der Waals surface area contributed by atoms with Crippen LogP contribution in [0.25, 0.3) is 0 Å². The highest BCUT2D eigenvalue weighted by molar-refractivity contribution is 7.92.